The molecule has 2 aromatic heterocycles. The molecule has 2 aliphatic heterocycles. The third kappa shape index (κ3) is 14.7. The summed E-state index contributed by atoms with van der Waals surface area (Å²) in [5.74, 6) is -0.887. The minimum Gasteiger partial charge on any atom is -0.454 e. The number of anilines is 2. The van der Waals surface area contributed by atoms with Gasteiger partial charge in [0.05, 0.1) is 18.0 Å². The topological polar surface area (TPSA) is 277 Å². The fourth-order valence-electron chi connectivity index (χ4n) is 5.17. The summed E-state index contributed by atoms with van der Waals surface area (Å²) in [6.07, 6.45) is -3.98. The highest BCUT2D eigenvalue weighted by atomic mass is 31.2. The van der Waals surface area contributed by atoms with Crippen LogP contribution in [0.1, 0.15) is 63.4 Å². The third-order valence-electron chi connectivity index (χ3n) is 8.62. The van der Waals surface area contributed by atoms with Crippen molar-refractivity contribution >= 4 is 43.7 Å². The lowest BCUT2D eigenvalue weighted by Gasteiger charge is -2.23. The van der Waals surface area contributed by atoms with Crippen LogP contribution in [0.4, 0.5) is 11.6 Å². The predicted molar refractivity (Wildman–Crippen MR) is 217 cm³/mol. The molecular weight excluding hydrogens is 814 g/mol. The number of carbonyl (C=O) groups excluding carboxylic acids is 3. The van der Waals surface area contributed by atoms with Crippen molar-refractivity contribution in [2.24, 2.45) is 5.92 Å². The van der Waals surface area contributed by atoms with Crippen LogP contribution in [0.2, 0.25) is 0 Å². The molecule has 326 valence electrons. The van der Waals surface area contributed by atoms with Crippen LogP contribution < -0.4 is 22.0 Å². The standard InChI is InChI=1S/C20H23N3O5.C14H22N3O7P.C3H9O2P/c1-4-16(24)21-15-10-11-23(20(26)22-15)18-17(12(2)13(3)27-18)28-19(25)14-8-6-5-7-9-14;1-4-9(18)15-8-5-6-17(14(21)16-8)12-10(19)11(20)13(24-12)23-7-25(2,3)22;1-6(2,5)3-4/h5-13,17-18H,4H2,1-3H3,(H,21,22,24,26);5-6,10-13,19-20H,4,7H2,1-3H3,(H,15,16,18,21);4H,3H2,1-2H3/t12-,13?,17+,18-;10-,11-,12+,13-;/m10./s1. The van der Waals surface area contributed by atoms with E-state index in [-0.39, 0.29) is 61.0 Å². The number of hydrogen-bond acceptors (Lipinski definition) is 16. The zero-order valence-corrected chi connectivity index (χ0v) is 35.9. The van der Waals surface area contributed by atoms with Crippen LogP contribution in [-0.2, 0) is 37.7 Å². The molecule has 3 aromatic rings. The summed E-state index contributed by atoms with van der Waals surface area (Å²) >= 11 is 0. The Hall–Kier alpha value is -4.39. The zero-order chi connectivity index (χ0) is 44.2. The number of aliphatic hydroxyl groups is 3. The molecule has 0 radical (unpaired) electrons. The van der Waals surface area contributed by atoms with Gasteiger partial charge in [-0.1, -0.05) is 39.0 Å². The number of aliphatic hydroxyl groups excluding tert-OH is 3. The molecule has 5 N–H and O–H groups in total. The van der Waals surface area contributed by atoms with Gasteiger partial charge in [0, 0.05) is 31.2 Å². The smallest absolute Gasteiger partial charge is 0.351 e. The minimum absolute atomic E-state index is 0.0758. The van der Waals surface area contributed by atoms with E-state index in [2.05, 4.69) is 20.6 Å². The van der Waals surface area contributed by atoms with Crippen molar-refractivity contribution in [3.8, 4) is 0 Å². The number of esters is 1. The van der Waals surface area contributed by atoms with E-state index in [1.54, 1.807) is 51.4 Å². The van der Waals surface area contributed by atoms with E-state index < -0.39 is 68.7 Å². The molecule has 1 aromatic carbocycles. The molecular formula is C37H54N6O14P2. The molecule has 0 saturated carbocycles. The van der Waals surface area contributed by atoms with E-state index >= 15 is 0 Å². The first-order chi connectivity index (χ1) is 27.6. The van der Waals surface area contributed by atoms with Crippen molar-refractivity contribution in [2.75, 3.05) is 50.0 Å². The van der Waals surface area contributed by atoms with Gasteiger partial charge >= 0.3 is 17.3 Å². The summed E-state index contributed by atoms with van der Waals surface area (Å²) in [5, 5.41) is 33.2. The molecule has 0 aliphatic carbocycles. The van der Waals surface area contributed by atoms with Crippen LogP contribution in [0.25, 0.3) is 0 Å². The van der Waals surface area contributed by atoms with Crippen molar-refractivity contribution in [3.63, 3.8) is 0 Å². The van der Waals surface area contributed by atoms with Crippen molar-refractivity contribution in [2.45, 2.75) is 83.7 Å². The number of ether oxygens (including phenoxy) is 4. The minimum atomic E-state index is -2.51. The van der Waals surface area contributed by atoms with E-state index in [1.165, 1.54) is 42.4 Å². The Labute approximate surface area is 341 Å². The second-order valence-electron chi connectivity index (χ2n) is 14.6. The van der Waals surface area contributed by atoms with Gasteiger partial charge in [0.1, 0.15) is 44.5 Å². The van der Waals surface area contributed by atoms with Gasteiger partial charge in [0.25, 0.3) is 0 Å². The molecule has 1 unspecified atom stereocenters. The van der Waals surface area contributed by atoms with E-state index in [0.29, 0.717) is 5.56 Å². The van der Waals surface area contributed by atoms with Crippen LogP contribution in [0.3, 0.4) is 0 Å². The Balaban J connectivity index is 0.000000279. The number of rotatable bonds is 12. The van der Waals surface area contributed by atoms with Crippen molar-refractivity contribution in [3.05, 3.63) is 81.4 Å². The van der Waals surface area contributed by atoms with Crippen LogP contribution in [-0.4, -0.2) is 122 Å². The molecule has 22 heteroatoms. The molecule has 8 atom stereocenters. The first-order valence-corrected chi connectivity index (χ1v) is 24.2. The Morgan fingerprint density at radius 1 is 0.780 bits per heavy atom. The van der Waals surface area contributed by atoms with Gasteiger partial charge in [0.15, 0.2) is 24.8 Å². The average molecular weight is 869 g/mol. The number of aromatic nitrogens is 4. The number of hydrogen-bond donors (Lipinski definition) is 5. The van der Waals surface area contributed by atoms with E-state index in [1.807, 2.05) is 19.9 Å². The molecule has 20 nitrogen and oxygen atoms in total. The van der Waals surface area contributed by atoms with Gasteiger partial charge in [-0.25, -0.2) is 14.4 Å². The van der Waals surface area contributed by atoms with Crippen molar-refractivity contribution < 1.29 is 57.8 Å². The molecule has 0 bridgehead atoms. The first-order valence-electron chi connectivity index (χ1n) is 18.6. The Morgan fingerprint density at radius 2 is 1.27 bits per heavy atom. The van der Waals surface area contributed by atoms with Crippen molar-refractivity contribution in [1.29, 1.82) is 0 Å². The maximum atomic E-state index is 12.5. The fraction of sp³-hybridized carbons (Fsp3) is 0.541. The Morgan fingerprint density at radius 3 is 1.71 bits per heavy atom. The molecule has 5 rings (SSSR count). The van der Waals surface area contributed by atoms with Crippen LogP contribution in [0.15, 0.2) is 64.4 Å². The largest absolute Gasteiger partial charge is 0.454 e. The number of carbonyl (C=O) groups is 3. The molecule has 59 heavy (non-hydrogen) atoms. The SMILES string of the molecule is CCC(=O)Nc1ccn([C@@H]2OC(C)[C@@H](C)[C@@H]2OC(=O)c2ccccc2)c(=O)n1.CCC(=O)Nc1ccn([C@@H]2O[C@H](OCP(C)(C)=O)[C@@H](O)[C@@H]2O)c(=O)n1.CP(C)(=O)CO. The third-order valence-corrected chi connectivity index (χ3v) is 10.1. The maximum absolute atomic E-state index is 12.5. The second-order valence-corrected chi connectivity index (χ2v) is 21.4. The Bertz CT molecular complexity index is 2110. The van der Waals surface area contributed by atoms with Gasteiger partial charge in [-0.05, 0) is 57.8 Å². The van der Waals surface area contributed by atoms with Gasteiger partial charge in [0.2, 0.25) is 11.8 Å². The summed E-state index contributed by atoms with van der Waals surface area (Å²) in [5.41, 5.74) is -0.945. The van der Waals surface area contributed by atoms with Gasteiger partial charge in [-0.3, -0.25) is 18.7 Å². The van der Waals surface area contributed by atoms with E-state index in [4.69, 9.17) is 24.1 Å². The highest BCUT2D eigenvalue weighted by Crippen LogP contribution is 2.39. The normalized spacial score (nSPS) is 23.8. The van der Waals surface area contributed by atoms with Crippen LogP contribution >= 0.6 is 14.3 Å². The highest BCUT2D eigenvalue weighted by Gasteiger charge is 2.46. The summed E-state index contributed by atoms with van der Waals surface area (Å²) in [6.45, 7) is 13.3. The van der Waals surface area contributed by atoms with Crippen LogP contribution in [0.5, 0.6) is 0 Å². The lowest BCUT2D eigenvalue weighted by molar-refractivity contribution is -0.167. The highest BCUT2D eigenvalue weighted by molar-refractivity contribution is 7.62. The van der Waals surface area contributed by atoms with Gasteiger partial charge in [-0.2, -0.15) is 9.97 Å². The Kier molecular flexibility index (Phi) is 18.0. The number of amides is 2. The summed E-state index contributed by atoms with van der Waals surface area (Å²) in [4.78, 5) is 67.5. The first kappa shape index (κ1) is 49.0. The monoisotopic (exact) mass is 868 g/mol. The maximum Gasteiger partial charge on any atom is 0.351 e. The van der Waals surface area contributed by atoms with E-state index in [0.717, 1.165) is 4.57 Å². The summed E-state index contributed by atoms with van der Waals surface area (Å²) in [6, 6.07) is 11.5. The van der Waals surface area contributed by atoms with Gasteiger partial charge in [-0.15, -0.1) is 0 Å². The van der Waals surface area contributed by atoms with E-state index in [9.17, 15) is 43.3 Å². The quantitative estimate of drug-likeness (QED) is 0.129. The predicted octanol–water partition coefficient (Wildman–Crippen LogP) is 2.70. The molecule has 2 aliphatic rings. The molecule has 0 spiro atoms. The lowest BCUT2D eigenvalue weighted by atomic mass is 10.0. The second kappa shape index (κ2) is 21.7. The summed E-state index contributed by atoms with van der Waals surface area (Å²) < 4.78 is 46.5. The van der Waals surface area contributed by atoms with Crippen molar-refractivity contribution in [1.82, 2.24) is 19.1 Å². The fourth-order valence-corrected chi connectivity index (χ4v) is 5.67. The zero-order valence-electron chi connectivity index (χ0n) is 34.2. The number of nitrogens with zero attached hydrogens (tertiary/aromatic N) is 4. The molecule has 2 saturated heterocycles. The average Bonchev–Trinajstić information content (AvgIpc) is 3.62. The number of benzene rings is 1. The molecule has 2 amide bonds. The lowest BCUT2D eigenvalue weighted by Crippen LogP contribution is -2.36. The summed E-state index contributed by atoms with van der Waals surface area (Å²) in [7, 11) is -4.60. The molecule has 4 heterocycles. The number of nitrogens with one attached hydrogen (secondary N) is 2. The molecule has 2 fully saturated rings. The van der Waals surface area contributed by atoms with Gasteiger partial charge < -0.3 is 54.0 Å². The van der Waals surface area contributed by atoms with Crippen LogP contribution in [0, 0.1) is 5.92 Å².